The molecule has 0 bridgehead atoms. The molecule has 19 heavy (non-hydrogen) atoms. The number of carbonyl (C=O) groups excluding carboxylic acids is 1. The summed E-state index contributed by atoms with van der Waals surface area (Å²) in [6, 6.07) is 3.77. The minimum atomic E-state index is 0.0423. The Morgan fingerprint density at radius 2 is 2.32 bits per heavy atom. The average Bonchev–Trinajstić information content (AvgIpc) is 2.94. The van der Waals surface area contributed by atoms with E-state index in [1.807, 2.05) is 19.1 Å². The number of aromatic nitrogens is 3. The number of anilines is 1. The first-order chi connectivity index (χ1) is 9.22. The fraction of sp³-hybridized carbons (Fsp3) is 0.333. The fourth-order valence-electron chi connectivity index (χ4n) is 1.35. The molecular weight excluding hydrogens is 280 g/mol. The molecule has 2 aromatic rings. The summed E-state index contributed by atoms with van der Waals surface area (Å²) < 4.78 is 0. The van der Waals surface area contributed by atoms with Crippen molar-refractivity contribution in [3.05, 3.63) is 24.5 Å². The Morgan fingerprint density at radius 1 is 1.47 bits per heavy atom. The van der Waals surface area contributed by atoms with E-state index < -0.39 is 0 Å². The van der Waals surface area contributed by atoms with E-state index in [2.05, 4.69) is 15.2 Å². The third-order valence-corrected chi connectivity index (χ3v) is 4.32. The first kappa shape index (κ1) is 14.0. The molecule has 100 valence electrons. The molecule has 2 rings (SSSR count). The van der Waals surface area contributed by atoms with Crippen LogP contribution in [0.15, 0.2) is 24.5 Å². The summed E-state index contributed by atoms with van der Waals surface area (Å²) in [6.45, 7) is 2.03. The van der Waals surface area contributed by atoms with Crippen molar-refractivity contribution in [2.24, 2.45) is 0 Å². The molecule has 0 atom stereocenters. The lowest BCUT2D eigenvalue weighted by Gasteiger charge is -2.11. The molecule has 0 fully saturated rings. The number of carbonyl (C=O) groups is 1. The summed E-state index contributed by atoms with van der Waals surface area (Å²) in [5, 5.41) is 9.54. The summed E-state index contributed by atoms with van der Waals surface area (Å²) in [7, 11) is 1.73. The highest BCUT2D eigenvalue weighted by molar-refractivity contribution is 7.99. The third-order valence-electron chi connectivity index (χ3n) is 2.41. The molecule has 0 aliphatic heterocycles. The van der Waals surface area contributed by atoms with E-state index in [1.54, 1.807) is 36.1 Å². The lowest BCUT2D eigenvalue weighted by atomic mass is 10.3. The van der Waals surface area contributed by atoms with Crippen molar-refractivity contribution < 1.29 is 4.79 Å². The zero-order valence-corrected chi connectivity index (χ0v) is 12.4. The second-order valence-electron chi connectivity index (χ2n) is 3.72. The predicted octanol–water partition coefficient (Wildman–Crippen LogP) is 2.32. The Labute approximate surface area is 120 Å². The van der Waals surface area contributed by atoms with Crippen LogP contribution in [0.5, 0.6) is 0 Å². The van der Waals surface area contributed by atoms with E-state index in [0.717, 1.165) is 16.3 Å². The SMILES string of the molecule is CCSCC(=O)N(C)c1nnc(-c2cccnc2)s1. The van der Waals surface area contributed by atoms with Gasteiger partial charge >= 0.3 is 0 Å². The monoisotopic (exact) mass is 294 g/mol. The van der Waals surface area contributed by atoms with Crippen LogP contribution < -0.4 is 4.90 Å². The maximum absolute atomic E-state index is 11.9. The van der Waals surface area contributed by atoms with Gasteiger partial charge in [0.2, 0.25) is 11.0 Å². The van der Waals surface area contributed by atoms with Gasteiger partial charge in [0.05, 0.1) is 5.75 Å². The lowest BCUT2D eigenvalue weighted by Crippen LogP contribution is -2.27. The van der Waals surface area contributed by atoms with Crippen LogP contribution in [-0.2, 0) is 4.79 Å². The van der Waals surface area contributed by atoms with Crippen molar-refractivity contribution in [3.8, 4) is 10.6 Å². The van der Waals surface area contributed by atoms with Gasteiger partial charge in [-0.25, -0.2) is 0 Å². The van der Waals surface area contributed by atoms with E-state index in [1.165, 1.54) is 11.3 Å². The second-order valence-corrected chi connectivity index (χ2v) is 5.95. The van der Waals surface area contributed by atoms with E-state index >= 15 is 0 Å². The molecule has 0 aromatic carbocycles. The van der Waals surface area contributed by atoms with Gasteiger partial charge in [-0.1, -0.05) is 18.3 Å². The molecule has 2 aromatic heterocycles. The number of nitrogens with zero attached hydrogens (tertiary/aromatic N) is 4. The number of amides is 1. The Hall–Kier alpha value is -1.47. The molecule has 2 heterocycles. The van der Waals surface area contributed by atoms with Crippen molar-refractivity contribution in [1.82, 2.24) is 15.2 Å². The van der Waals surface area contributed by atoms with Gasteiger partial charge in [0.1, 0.15) is 0 Å². The van der Waals surface area contributed by atoms with Crippen LogP contribution in [-0.4, -0.2) is 39.6 Å². The summed E-state index contributed by atoms with van der Waals surface area (Å²) in [5.74, 6) is 1.44. The average molecular weight is 294 g/mol. The Morgan fingerprint density at radius 3 is 3.00 bits per heavy atom. The first-order valence-corrected chi connectivity index (χ1v) is 7.77. The van der Waals surface area contributed by atoms with Crippen LogP contribution >= 0.6 is 23.1 Å². The molecule has 0 spiro atoms. The highest BCUT2D eigenvalue weighted by Gasteiger charge is 2.16. The first-order valence-electron chi connectivity index (χ1n) is 5.80. The molecule has 0 saturated heterocycles. The van der Waals surface area contributed by atoms with Gasteiger partial charge in [0.25, 0.3) is 0 Å². The molecule has 0 aliphatic carbocycles. The van der Waals surface area contributed by atoms with Crippen LogP contribution in [0, 0.1) is 0 Å². The molecule has 0 N–H and O–H groups in total. The molecule has 5 nitrogen and oxygen atoms in total. The molecule has 0 unspecified atom stereocenters. The summed E-state index contributed by atoms with van der Waals surface area (Å²) >= 11 is 2.99. The van der Waals surface area contributed by atoms with Gasteiger partial charge in [-0.3, -0.25) is 14.7 Å². The van der Waals surface area contributed by atoms with E-state index in [9.17, 15) is 4.79 Å². The maximum Gasteiger partial charge on any atom is 0.238 e. The molecule has 0 saturated carbocycles. The van der Waals surface area contributed by atoms with Gasteiger partial charge in [-0.15, -0.1) is 10.2 Å². The maximum atomic E-state index is 11.9. The number of pyridine rings is 1. The normalized spacial score (nSPS) is 10.4. The fourth-order valence-corrected chi connectivity index (χ4v) is 2.74. The lowest BCUT2D eigenvalue weighted by molar-refractivity contribution is -0.115. The zero-order valence-electron chi connectivity index (χ0n) is 10.7. The van der Waals surface area contributed by atoms with Crippen molar-refractivity contribution in [3.63, 3.8) is 0 Å². The Bertz CT molecular complexity index is 544. The zero-order chi connectivity index (χ0) is 13.7. The third kappa shape index (κ3) is 3.51. The van der Waals surface area contributed by atoms with Crippen LogP contribution in [0.4, 0.5) is 5.13 Å². The topological polar surface area (TPSA) is 59.0 Å². The van der Waals surface area contributed by atoms with Gasteiger partial charge in [-0.05, 0) is 17.9 Å². The van der Waals surface area contributed by atoms with Gasteiger partial charge in [0, 0.05) is 25.0 Å². The summed E-state index contributed by atoms with van der Waals surface area (Å²) in [6.07, 6.45) is 3.45. The number of hydrogen-bond acceptors (Lipinski definition) is 6. The molecule has 0 radical (unpaired) electrons. The van der Waals surface area contributed by atoms with Crippen molar-refractivity contribution in [2.75, 3.05) is 23.5 Å². The molecule has 7 heteroatoms. The molecule has 1 amide bonds. The van der Waals surface area contributed by atoms with Crippen molar-refractivity contribution >= 4 is 34.1 Å². The van der Waals surface area contributed by atoms with E-state index in [0.29, 0.717) is 10.9 Å². The summed E-state index contributed by atoms with van der Waals surface area (Å²) in [5.41, 5.74) is 0.912. The van der Waals surface area contributed by atoms with Crippen molar-refractivity contribution in [2.45, 2.75) is 6.92 Å². The standard InChI is InChI=1S/C12H14N4OS2/c1-3-18-8-10(17)16(2)12-15-14-11(19-12)9-5-4-6-13-7-9/h4-7H,3,8H2,1-2H3. The highest BCUT2D eigenvalue weighted by atomic mass is 32.2. The van der Waals surface area contributed by atoms with Gasteiger partial charge in [-0.2, -0.15) is 11.8 Å². The highest BCUT2D eigenvalue weighted by Crippen LogP contribution is 2.27. The van der Waals surface area contributed by atoms with Crippen LogP contribution in [0.3, 0.4) is 0 Å². The summed E-state index contributed by atoms with van der Waals surface area (Å²) in [4.78, 5) is 17.5. The predicted molar refractivity (Wildman–Crippen MR) is 79.5 cm³/mol. The van der Waals surface area contributed by atoms with Gasteiger partial charge < -0.3 is 0 Å². The quantitative estimate of drug-likeness (QED) is 0.847. The Balaban J connectivity index is 2.11. The van der Waals surface area contributed by atoms with Crippen LogP contribution in [0.2, 0.25) is 0 Å². The number of rotatable bonds is 5. The molecular formula is C12H14N4OS2. The van der Waals surface area contributed by atoms with Crippen molar-refractivity contribution in [1.29, 1.82) is 0 Å². The van der Waals surface area contributed by atoms with E-state index in [-0.39, 0.29) is 5.91 Å². The largest absolute Gasteiger partial charge is 0.289 e. The van der Waals surface area contributed by atoms with Crippen LogP contribution in [0.25, 0.3) is 10.6 Å². The second kappa shape index (κ2) is 6.63. The van der Waals surface area contributed by atoms with Gasteiger partial charge in [0.15, 0.2) is 5.01 Å². The number of thioether (sulfide) groups is 1. The Kier molecular flexibility index (Phi) is 4.86. The van der Waals surface area contributed by atoms with Crippen LogP contribution in [0.1, 0.15) is 6.92 Å². The smallest absolute Gasteiger partial charge is 0.238 e. The minimum absolute atomic E-state index is 0.0423. The van der Waals surface area contributed by atoms with E-state index in [4.69, 9.17) is 0 Å². The number of hydrogen-bond donors (Lipinski definition) is 0. The molecule has 0 aliphatic rings. The minimum Gasteiger partial charge on any atom is -0.289 e.